The average molecular weight is 258 g/mol. The summed E-state index contributed by atoms with van der Waals surface area (Å²) in [6.07, 6.45) is 3.70. The van der Waals surface area contributed by atoms with Crippen molar-refractivity contribution in [2.45, 2.75) is 33.7 Å². The van der Waals surface area contributed by atoms with E-state index in [0.717, 1.165) is 17.1 Å². The number of hydrogen-bond donors (Lipinski definition) is 1. The first-order valence-corrected chi connectivity index (χ1v) is 6.28. The number of carbonyl (C=O) groups is 1. The Balaban J connectivity index is 1.92. The van der Waals surface area contributed by atoms with Crippen LogP contribution in [0.3, 0.4) is 0 Å². The van der Waals surface area contributed by atoms with Gasteiger partial charge in [-0.25, -0.2) is 0 Å². The Labute approximate surface area is 112 Å². The number of pyridine rings is 1. The molecule has 5 heteroatoms. The van der Waals surface area contributed by atoms with Crippen molar-refractivity contribution in [3.8, 4) is 0 Å². The fourth-order valence-electron chi connectivity index (χ4n) is 1.87. The summed E-state index contributed by atoms with van der Waals surface area (Å²) < 4.78 is 1.88. The first-order chi connectivity index (χ1) is 9.08. The number of aryl methyl sites for hydroxylation is 2. The third-order valence-corrected chi connectivity index (χ3v) is 3.24. The van der Waals surface area contributed by atoms with Crippen LogP contribution < -0.4 is 5.32 Å². The van der Waals surface area contributed by atoms with Crippen molar-refractivity contribution in [2.75, 3.05) is 5.32 Å². The van der Waals surface area contributed by atoms with Crippen molar-refractivity contribution < 1.29 is 4.79 Å². The minimum Gasteiger partial charge on any atom is -0.325 e. The molecular formula is C14H18N4O. The molecule has 5 nitrogen and oxygen atoms in total. The van der Waals surface area contributed by atoms with Crippen LogP contribution >= 0.6 is 0 Å². The molecule has 19 heavy (non-hydrogen) atoms. The highest BCUT2D eigenvalue weighted by Crippen LogP contribution is 2.11. The Kier molecular flexibility index (Phi) is 3.94. The molecular weight excluding hydrogens is 240 g/mol. The van der Waals surface area contributed by atoms with Gasteiger partial charge in [0.15, 0.2) is 0 Å². The molecule has 0 saturated heterocycles. The monoisotopic (exact) mass is 258 g/mol. The molecule has 100 valence electrons. The van der Waals surface area contributed by atoms with E-state index in [9.17, 15) is 4.79 Å². The van der Waals surface area contributed by atoms with Gasteiger partial charge < -0.3 is 5.32 Å². The smallest absolute Gasteiger partial charge is 0.226 e. The lowest BCUT2D eigenvalue weighted by Gasteiger charge is -2.06. The van der Waals surface area contributed by atoms with Crippen molar-refractivity contribution in [3.05, 3.63) is 41.5 Å². The summed E-state index contributed by atoms with van der Waals surface area (Å²) in [7, 11) is 0. The molecule has 0 aliphatic carbocycles. The number of hydrogen-bond acceptors (Lipinski definition) is 3. The van der Waals surface area contributed by atoms with E-state index in [1.165, 1.54) is 5.56 Å². The van der Waals surface area contributed by atoms with Gasteiger partial charge >= 0.3 is 0 Å². The van der Waals surface area contributed by atoms with Gasteiger partial charge in [-0.3, -0.25) is 14.5 Å². The number of aromatic nitrogens is 3. The van der Waals surface area contributed by atoms with Crippen LogP contribution in [0.4, 0.5) is 5.69 Å². The van der Waals surface area contributed by atoms with E-state index < -0.39 is 0 Å². The van der Waals surface area contributed by atoms with Crippen LogP contribution in [0, 0.1) is 20.8 Å². The molecule has 0 radical (unpaired) electrons. The van der Waals surface area contributed by atoms with Crippen LogP contribution in [0.25, 0.3) is 0 Å². The number of nitrogens with one attached hydrogen (secondary N) is 1. The largest absolute Gasteiger partial charge is 0.325 e. The number of nitrogens with zero attached hydrogens (tertiary/aromatic N) is 3. The molecule has 2 aromatic rings. The van der Waals surface area contributed by atoms with Crippen LogP contribution in [0.1, 0.15) is 23.4 Å². The van der Waals surface area contributed by atoms with E-state index in [0.29, 0.717) is 13.0 Å². The fourth-order valence-corrected chi connectivity index (χ4v) is 1.87. The van der Waals surface area contributed by atoms with E-state index in [1.807, 2.05) is 31.5 Å². The SMILES string of the molecule is Cc1nn(CCC(=O)Nc2cccnc2)c(C)c1C. The lowest BCUT2D eigenvalue weighted by molar-refractivity contribution is -0.116. The van der Waals surface area contributed by atoms with Gasteiger partial charge in [0.1, 0.15) is 0 Å². The summed E-state index contributed by atoms with van der Waals surface area (Å²) in [4.78, 5) is 15.8. The zero-order valence-corrected chi connectivity index (χ0v) is 11.5. The maximum absolute atomic E-state index is 11.8. The van der Waals surface area contributed by atoms with Gasteiger partial charge in [0, 0.05) is 24.9 Å². The summed E-state index contributed by atoms with van der Waals surface area (Å²) in [5, 5.41) is 7.22. The standard InChI is InChI=1S/C14H18N4O/c1-10-11(2)17-18(12(10)3)8-6-14(19)16-13-5-4-7-15-9-13/h4-5,7,9H,6,8H2,1-3H3,(H,16,19). The minimum atomic E-state index is -0.0294. The van der Waals surface area contributed by atoms with E-state index in [-0.39, 0.29) is 5.91 Å². The molecule has 1 amide bonds. The molecule has 0 aliphatic rings. The zero-order valence-electron chi connectivity index (χ0n) is 11.5. The van der Waals surface area contributed by atoms with Crippen molar-refractivity contribution in [1.82, 2.24) is 14.8 Å². The van der Waals surface area contributed by atoms with Gasteiger partial charge in [-0.1, -0.05) is 0 Å². The van der Waals surface area contributed by atoms with Gasteiger partial charge in [-0.05, 0) is 38.5 Å². The predicted octanol–water partition coefficient (Wildman–Crippen LogP) is 2.23. The second-order valence-corrected chi connectivity index (χ2v) is 4.56. The first-order valence-electron chi connectivity index (χ1n) is 6.28. The van der Waals surface area contributed by atoms with Crippen LogP contribution in [-0.2, 0) is 11.3 Å². The van der Waals surface area contributed by atoms with Crippen LogP contribution in [0.5, 0.6) is 0 Å². The Morgan fingerprint density at radius 3 is 2.74 bits per heavy atom. The molecule has 0 spiro atoms. The van der Waals surface area contributed by atoms with Gasteiger partial charge in [0.2, 0.25) is 5.91 Å². The van der Waals surface area contributed by atoms with Crippen molar-refractivity contribution in [3.63, 3.8) is 0 Å². The first kappa shape index (κ1) is 13.3. The maximum Gasteiger partial charge on any atom is 0.226 e. The van der Waals surface area contributed by atoms with Crippen molar-refractivity contribution >= 4 is 11.6 Å². The van der Waals surface area contributed by atoms with Crippen LogP contribution in [0.15, 0.2) is 24.5 Å². The van der Waals surface area contributed by atoms with Gasteiger partial charge in [0.25, 0.3) is 0 Å². The van der Waals surface area contributed by atoms with Crippen LogP contribution in [-0.4, -0.2) is 20.7 Å². The minimum absolute atomic E-state index is 0.0294. The summed E-state index contributed by atoms with van der Waals surface area (Å²) >= 11 is 0. The Morgan fingerprint density at radius 2 is 2.16 bits per heavy atom. The van der Waals surface area contributed by atoms with Crippen LogP contribution in [0.2, 0.25) is 0 Å². The molecule has 0 atom stereocenters. The third kappa shape index (κ3) is 3.19. The number of anilines is 1. The highest BCUT2D eigenvalue weighted by Gasteiger charge is 2.09. The summed E-state index contributed by atoms with van der Waals surface area (Å²) in [6.45, 7) is 6.64. The molecule has 1 N–H and O–H groups in total. The predicted molar refractivity (Wildman–Crippen MR) is 73.9 cm³/mol. The van der Waals surface area contributed by atoms with Crippen molar-refractivity contribution in [1.29, 1.82) is 0 Å². The normalized spacial score (nSPS) is 10.5. The average Bonchev–Trinajstić information content (AvgIpc) is 2.65. The maximum atomic E-state index is 11.8. The molecule has 2 aromatic heterocycles. The lowest BCUT2D eigenvalue weighted by atomic mass is 10.2. The second-order valence-electron chi connectivity index (χ2n) is 4.56. The van der Waals surface area contributed by atoms with E-state index in [1.54, 1.807) is 18.5 Å². The second kappa shape index (κ2) is 5.65. The highest BCUT2D eigenvalue weighted by molar-refractivity contribution is 5.90. The molecule has 0 bridgehead atoms. The van der Waals surface area contributed by atoms with Gasteiger partial charge in [-0.15, -0.1) is 0 Å². The highest BCUT2D eigenvalue weighted by atomic mass is 16.1. The third-order valence-electron chi connectivity index (χ3n) is 3.24. The quantitative estimate of drug-likeness (QED) is 0.914. The molecule has 0 aromatic carbocycles. The summed E-state index contributed by atoms with van der Waals surface area (Å²) in [5.74, 6) is -0.0294. The number of rotatable bonds is 4. The van der Waals surface area contributed by atoms with Gasteiger partial charge in [-0.2, -0.15) is 5.10 Å². The van der Waals surface area contributed by atoms with Gasteiger partial charge in [0.05, 0.1) is 17.6 Å². The van der Waals surface area contributed by atoms with E-state index >= 15 is 0 Å². The molecule has 0 aliphatic heterocycles. The number of carbonyl (C=O) groups excluding carboxylic acids is 1. The number of amides is 1. The molecule has 2 heterocycles. The molecule has 2 rings (SSSR count). The summed E-state index contributed by atoms with van der Waals surface area (Å²) in [5.41, 5.74) is 4.04. The Hall–Kier alpha value is -2.17. The van der Waals surface area contributed by atoms with E-state index in [2.05, 4.69) is 15.4 Å². The Bertz CT molecular complexity index is 575. The Morgan fingerprint density at radius 1 is 1.37 bits per heavy atom. The topological polar surface area (TPSA) is 59.8 Å². The van der Waals surface area contributed by atoms with Crippen molar-refractivity contribution in [2.24, 2.45) is 0 Å². The molecule has 0 unspecified atom stereocenters. The molecule has 0 fully saturated rings. The zero-order chi connectivity index (χ0) is 13.8. The van der Waals surface area contributed by atoms with E-state index in [4.69, 9.17) is 0 Å². The lowest BCUT2D eigenvalue weighted by Crippen LogP contribution is -2.15. The summed E-state index contributed by atoms with van der Waals surface area (Å²) in [6, 6.07) is 3.61. The molecule has 0 saturated carbocycles. The fraction of sp³-hybridized carbons (Fsp3) is 0.357.